The number of carboxylic acid groups (broad SMARTS) is 1. The second kappa shape index (κ2) is 5.47. The van der Waals surface area contributed by atoms with Crippen LogP contribution in [0.15, 0.2) is 12.5 Å². The molecule has 0 saturated heterocycles. The standard InChI is InChI=1S/C9H15N3O3/c1-6(3-10)15-8(9(13)14)2-7-4-11-5-12-7/h4-6,8H,2-3,10H2,1H3,(H,11,12)(H,13,14). The minimum atomic E-state index is -0.995. The molecule has 0 saturated carbocycles. The molecule has 4 N–H and O–H groups in total. The predicted molar refractivity (Wildman–Crippen MR) is 53.3 cm³/mol. The average Bonchev–Trinajstić information content (AvgIpc) is 2.69. The first kappa shape index (κ1) is 11.7. The SMILES string of the molecule is CC(CN)OC(Cc1cnc[nH]1)C(=O)O. The van der Waals surface area contributed by atoms with Gasteiger partial charge in [0, 0.05) is 24.9 Å². The number of nitrogens with two attached hydrogens (primary N) is 1. The van der Waals surface area contributed by atoms with Crippen molar-refractivity contribution in [2.24, 2.45) is 5.73 Å². The maximum atomic E-state index is 10.9. The van der Waals surface area contributed by atoms with E-state index >= 15 is 0 Å². The van der Waals surface area contributed by atoms with Crippen LogP contribution in [0.5, 0.6) is 0 Å². The lowest BCUT2D eigenvalue weighted by atomic mass is 10.2. The van der Waals surface area contributed by atoms with Gasteiger partial charge in [0.05, 0.1) is 12.4 Å². The number of aliphatic carboxylic acids is 1. The van der Waals surface area contributed by atoms with Gasteiger partial charge in [-0.1, -0.05) is 0 Å². The Kier molecular flexibility index (Phi) is 4.26. The number of rotatable bonds is 6. The quantitative estimate of drug-likeness (QED) is 0.606. The number of imidazole rings is 1. The van der Waals surface area contributed by atoms with Crippen molar-refractivity contribution in [2.75, 3.05) is 6.54 Å². The number of hydrogen-bond donors (Lipinski definition) is 3. The zero-order valence-corrected chi connectivity index (χ0v) is 8.51. The Hall–Kier alpha value is -1.40. The summed E-state index contributed by atoms with van der Waals surface area (Å²) in [7, 11) is 0. The Balaban J connectivity index is 2.55. The van der Waals surface area contributed by atoms with Crippen LogP contribution >= 0.6 is 0 Å². The predicted octanol–water partition coefficient (Wildman–Crippen LogP) is -0.231. The van der Waals surface area contributed by atoms with E-state index in [9.17, 15) is 4.79 Å². The molecule has 0 aliphatic carbocycles. The highest BCUT2D eigenvalue weighted by atomic mass is 16.5. The number of hydrogen-bond acceptors (Lipinski definition) is 4. The third-order valence-electron chi connectivity index (χ3n) is 1.96. The van der Waals surface area contributed by atoms with Crippen LogP contribution < -0.4 is 5.73 Å². The summed E-state index contributed by atoms with van der Waals surface area (Å²) in [5.74, 6) is -0.995. The third kappa shape index (κ3) is 3.69. The van der Waals surface area contributed by atoms with Gasteiger partial charge in [0.2, 0.25) is 0 Å². The van der Waals surface area contributed by atoms with Crippen LogP contribution in [0.4, 0.5) is 0 Å². The van der Waals surface area contributed by atoms with Crippen LogP contribution in [-0.2, 0) is 16.0 Å². The summed E-state index contributed by atoms with van der Waals surface area (Å²) in [5, 5.41) is 8.92. The Morgan fingerprint density at radius 2 is 2.53 bits per heavy atom. The van der Waals surface area contributed by atoms with Gasteiger partial charge in [0.25, 0.3) is 0 Å². The zero-order chi connectivity index (χ0) is 11.3. The van der Waals surface area contributed by atoms with Crippen molar-refractivity contribution in [3.8, 4) is 0 Å². The van der Waals surface area contributed by atoms with Gasteiger partial charge in [-0.2, -0.15) is 0 Å². The first-order chi connectivity index (χ1) is 7.13. The van der Waals surface area contributed by atoms with E-state index in [4.69, 9.17) is 15.6 Å². The molecule has 0 radical (unpaired) electrons. The van der Waals surface area contributed by atoms with Gasteiger partial charge in [0.1, 0.15) is 0 Å². The van der Waals surface area contributed by atoms with Gasteiger partial charge in [-0.3, -0.25) is 0 Å². The van der Waals surface area contributed by atoms with E-state index in [1.807, 2.05) is 0 Å². The van der Waals surface area contributed by atoms with Crippen LogP contribution in [-0.4, -0.2) is 39.8 Å². The van der Waals surface area contributed by atoms with Crippen LogP contribution in [0.1, 0.15) is 12.6 Å². The zero-order valence-electron chi connectivity index (χ0n) is 8.51. The van der Waals surface area contributed by atoms with Crippen molar-refractivity contribution in [1.82, 2.24) is 9.97 Å². The number of nitrogens with zero attached hydrogens (tertiary/aromatic N) is 1. The molecule has 0 spiro atoms. The van der Waals surface area contributed by atoms with Crippen LogP contribution in [0.3, 0.4) is 0 Å². The fourth-order valence-electron chi connectivity index (χ4n) is 1.13. The van der Waals surface area contributed by atoms with Crippen molar-refractivity contribution < 1.29 is 14.6 Å². The van der Waals surface area contributed by atoms with Crippen molar-refractivity contribution in [2.45, 2.75) is 25.6 Å². The molecule has 0 aliphatic heterocycles. The monoisotopic (exact) mass is 213 g/mol. The van der Waals surface area contributed by atoms with Crippen molar-refractivity contribution in [1.29, 1.82) is 0 Å². The molecule has 6 heteroatoms. The number of aromatic nitrogens is 2. The highest BCUT2D eigenvalue weighted by Gasteiger charge is 2.21. The van der Waals surface area contributed by atoms with E-state index in [1.165, 1.54) is 6.33 Å². The number of carbonyl (C=O) groups is 1. The van der Waals surface area contributed by atoms with Gasteiger partial charge in [-0.05, 0) is 6.92 Å². The topological polar surface area (TPSA) is 101 Å². The molecule has 0 bridgehead atoms. The molecule has 1 heterocycles. The maximum Gasteiger partial charge on any atom is 0.333 e. The maximum absolute atomic E-state index is 10.9. The molecule has 2 unspecified atom stereocenters. The molecule has 0 fully saturated rings. The summed E-state index contributed by atoms with van der Waals surface area (Å²) < 4.78 is 5.26. The summed E-state index contributed by atoms with van der Waals surface area (Å²) in [6.45, 7) is 2.04. The van der Waals surface area contributed by atoms with Gasteiger partial charge < -0.3 is 20.6 Å². The second-order valence-corrected chi connectivity index (χ2v) is 3.29. The van der Waals surface area contributed by atoms with Gasteiger partial charge in [0.15, 0.2) is 6.10 Å². The molecule has 84 valence electrons. The lowest BCUT2D eigenvalue weighted by Gasteiger charge is -2.17. The molecule has 0 aromatic carbocycles. The third-order valence-corrected chi connectivity index (χ3v) is 1.96. The van der Waals surface area contributed by atoms with Crippen LogP contribution in [0, 0.1) is 0 Å². The molecule has 2 atom stereocenters. The van der Waals surface area contributed by atoms with Gasteiger partial charge >= 0.3 is 5.97 Å². The van der Waals surface area contributed by atoms with E-state index in [-0.39, 0.29) is 12.5 Å². The van der Waals surface area contributed by atoms with E-state index < -0.39 is 12.1 Å². The summed E-state index contributed by atoms with van der Waals surface area (Å²) >= 11 is 0. The highest BCUT2D eigenvalue weighted by Crippen LogP contribution is 2.05. The normalized spacial score (nSPS) is 14.8. The summed E-state index contributed by atoms with van der Waals surface area (Å²) in [5.41, 5.74) is 6.08. The molecule has 0 amide bonds. The summed E-state index contributed by atoms with van der Waals surface area (Å²) in [6, 6.07) is 0. The Bertz CT molecular complexity index is 300. The van der Waals surface area contributed by atoms with E-state index in [2.05, 4.69) is 9.97 Å². The summed E-state index contributed by atoms with van der Waals surface area (Å²) in [6.07, 6.45) is 2.19. The minimum Gasteiger partial charge on any atom is -0.479 e. The van der Waals surface area contributed by atoms with Crippen molar-refractivity contribution in [3.05, 3.63) is 18.2 Å². The van der Waals surface area contributed by atoms with Crippen molar-refractivity contribution in [3.63, 3.8) is 0 Å². The van der Waals surface area contributed by atoms with Crippen LogP contribution in [0.2, 0.25) is 0 Å². The first-order valence-electron chi connectivity index (χ1n) is 4.69. The fraction of sp³-hybridized carbons (Fsp3) is 0.556. The van der Waals surface area contributed by atoms with E-state index in [0.29, 0.717) is 6.54 Å². The molecular formula is C9H15N3O3. The smallest absolute Gasteiger partial charge is 0.333 e. The number of nitrogens with one attached hydrogen (secondary N) is 1. The lowest BCUT2D eigenvalue weighted by molar-refractivity contribution is -0.153. The molecule has 0 aliphatic rings. The highest BCUT2D eigenvalue weighted by molar-refractivity contribution is 5.72. The Labute approximate surface area is 87.5 Å². The van der Waals surface area contributed by atoms with Gasteiger partial charge in [-0.25, -0.2) is 9.78 Å². The molecule has 15 heavy (non-hydrogen) atoms. The second-order valence-electron chi connectivity index (χ2n) is 3.29. The van der Waals surface area contributed by atoms with Crippen LogP contribution in [0.25, 0.3) is 0 Å². The number of aromatic amines is 1. The number of H-pyrrole nitrogens is 1. The molecule has 6 nitrogen and oxygen atoms in total. The first-order valence-corrected chi connectivity index (χ1v) is 4.69. The molecule has 1 aromatic rings. The molecule has 1 rings (SSSR count). The number of carboxylic acids is 1. The Morgan fingerprint density at radius 1 is 1.80 bits per heavy atom. The van der Waals surface area contributed by atoms with Crippen molar-refractivity contribution >= 4 is 5.97 Å². The largest absolute Gasteiger partial charge is 0.479 e. The van der Waals surface area contributed by atoms with E-state index in [0.717, 1.165) is 5.69 Å². The molecule has 1 aromatic heterocycles. The van der Waals surface area contributed by atoms with Gasteiger partial charge in [-0.15, -0.1) is 0 Å². The lowest BCUT2D eigenvalue weighted by Crippen LogP contribution is -2.33. The number of ether oxygens (including phenoxy) is 1. The summed E-state index contributed by atoms with van der Waals surface area (Å²) in [4.78, 5) is 17.5. The molecular weight excluding hydrogens is 198 g/mol. The van der Waals surface area contributed by atoms with E-state index in [1.54, 1.807) is 13.1 Å². The Morgan fingerprint density at radius 3 is 3.00 bits per heavy atom. The fourth-order valence-corrected chi connectivity index (χ4v) is 1.13. The average molecular weight is 213 g/mol. The minimum absolute atomic E-state index is 0.264.